The Morgan fingerprint density at radius 3 is 1.97 bits per heavy atom. The van der Waals surface area contributed by atoms with Gasteiger partial charge in [0, 0.05) is 12.5 Å². The minimum Gasteiger partial charge on any atom is -0.457 e. The van der Waals surface area contributed by atoms with Crippen LogP contribution in [0.5, 0.6) is 0 Å². The summed E-state index contributed by atoms with van der Waals surface area (Å²) in [6, 6.07) is 0. The van der Waals surface area contributed by atoms with Crippen molar-refractivity contribution >= 4 is 28.3 Å². The second kappa shape index (κ2) is 9.57. The summed E-state index contributed by atoms with van der Waals surface area (Å²) in [6.07, 6.45) is 0.335. The average Bonchev–Trinajstić information content (AvgIpc) is 2.56. The zero-order chi connectivity index (χ0) is 24.5. The fraction of sp³-hybridized carbons (Fsp3) is 0.909. The van der Waals surface area contributed by atoms with E-state index in [-0.39, 0.29) is 34.9 Å². The predicted molar refractivity (Wildman–Crippen MR) is 128 cm³/mol. The van der Waals surface area contributed by atoms with Crippen LogP contribution in [0.2, 0.25) is 36.3 Å². The first-order valence-electron chi connectivity index (χ1n) is 11.3. The summed E-state index contributed by atoms with van der Waals surface area (Å²) in [5.74, 6) is -0.819. The number of aliphatic hydroxyl groups is 1. The Labute approximate surface area is 190 Å². The normalized spacial score (nSPS) is 25.7. The highest BCUT2D eigenvalue weighted by Crippen LogP contribution is 2.44. The number of carbonyl (C=O) groups excluding carboxylic acids is 1. The number of hydrogen-bond acceptors (Lipinski definition) is 5. The fourth-order valence-electron chi connectivity index (χ4n) is 3.25. The molecule has 1 N–H and O–H groups in total. The van der Waals surface area contributed by atoms with E-state index in [1.54, 1.807) is 6.92 Å². The number of ether oxygens (including phenoxy) is 1. The fourth-order valence-corrected chi connectivity index (χ4v) is 6.00. The Kier molecular flexibility index (Phi) is 8.71. The third-order valence-electron chi connectivity index (χ3n) is 7.35. The molecule has 0 spiro atoms. The summed E-state index contributed by atoms with van der Waals surface area (Å²) >= 11 is 0. The van der Waals surface area contributed by atoms with Gasteiger partial charge in [0.2, 0.25) is 0 Å². The molecule has 0 radical (unpaired) electrons. The number of carbonyl (C=O) groups is 1. The lowest BCUT2D eigenvalue weighted by Crippen LogP contribution is -2.62. The summed E-state index contributed by atoms with van der Waals surface area (Å²) in [4.78, 5) is 15.7. The molecule has 0 aromatic carbocycles. The van der Waals surface area contributed by atoms with Crippen molar-refractivity contribution in [3.8, 4) is 0 Å². The van der Waals surface area contributed by atoms with Crippen LogP contribution in [0.1, 0.15) is 67.7 Å². The first-order chi connectivity index (χ1) is 13.8. The molecule has 0 saturated heterocycles. The zero-order valence-electron chi connectivity index (χ0n) is 21.5. The van der Waals surface area contributed by atoms with Crippen molar-refractivity contribution < 1.29 is 28.3 Å². The topological polar surface area (TPSA) is 101 Å². The molecule has 180 valence electrons. The SMILES string of the molecule is CCOC(=O)C(=[N+]=[N-])[C@]1(O)CC[C@@H](O[Si](C)(C)C(C)(C)C)C[C@H]1O[Si](C)(C)C(C)(C)C. The van der Waals surface area contributed by atoms with E-state index in [0.717, 1.165) is 0 Å². The van der Waals surface area contributed by atoms with Crippen LogP contribution < -0.4 is 0 Å². The second-order valence-electron chi connectivity index (χ2n) is 11.7. The number of esters is 1. The maximum atomic E-state index is 12.5. The van der Waals surface area contributed by atoms with Gasteiger partial charge in [0.1, 0.15) is 0 Å². The minimum atomic E-state index is -2.31. The van der Waals surface area contributed by atoms with Gasteiger partial charge in [-0.2, -0.15) is 4.79 Å². The van der Waals surface area contributed by atoms with E-state index in [9.17, 15) is 15.4 Å². The van der Waals surface area contributed by atoms with Crippen molar-refractivity contribution in [3.05, 3.63) is 5.53 Å². The van der Waals surface area contributed by atoms with Crippen LogP contribution in [0.4, 0.5) is 0 Å². The molecule has 0 amide bonds. The molecule has 0 unspecified atom stereocenters. The maximum absolute atomic E-state index is 12.5. The third kappa shape index (κ3) is 6.36. The van der Waals surface area contributed by atoms with Gasteiger partial charge in [-0.25, -0.2) is 4.79 Å². The molecule has 1 aliphatic carbocycles. The van der Waals surface area contributed by atoms with Gasteiger partial charge >= 0.3 is 11.7 Å². The van der Waals surface area contributed by atoms with Gasteiger partial charge < -0.3 is 24.2 Å². The van der Waals surface area contributed by atoms with E-state index < -0.39 is 34.3 Å². The third-order valence-corrected chi connectivity index (χ3v) is 16.4. The van der Waals surface area contributed by atoms with Gasteiger partial charge in [0.25, 0.3) is 0 Å². The van der Waals surface area contributed by atoms with Crippen molar-refractivity contribution in [2.24, 2.45) is 0 Å². The molecule has 3 atom stereocenters. The van der Waals surface area contributed by atoms with E-state index in [1.807, 2.05) is 0 Å². The summed E-state index contributed by atoms with van der Waals surface area (Å²) in [5.41, 5.74) is 7.52. The van der Waals surface area contributed by atoms with Gasteiger partial charge in [-0.1, -0.05) is 41.5 Å². The summed E-state index contributed by atoms with van der Waals surface area (Å²) in [5, 5.41) is 11.6. The molecule has 9 heteroatoms. The molecule has 0 heterocycles. The molecule has 1 fully saturated rings. The quantitative estimate of drug-likeness (QED) is 0.186. The average molecular weight is 473 g/mol. The Morgan fingerprint density at radius 1 is 1.06 bits per heavy atom. The highest BCUT2D eigenvalue weighted by atomic mass is 28.4. The van der Waals surface area contributed by atoms with E-state index in [0.29, 0.717) is 12.8 Å². The van der Waals surface area contributed by atoms with E-state index in [4.69, 9.17) is 13.6 Å². The highest BCUT2D eigenvalue weighted by Gasteiger charge is 2.58. The Balaban J connectivity index is 3.34. The van der Waals surface area contributed by atoms with Gasteiger partial charge in [-0.05, 0) is 56.0 Å². The molecule has 1 aliphatic rings. The minimum absolute atomic E-state index is 0.0547. The molecule has 1 rings (SSSR count). The maximum Gasteiger partial charge on any atom is 0.420 e. The lowest BCUT2D eigenvalue weighted by atomic mass is 9.77. The first kappa shape index (κ1) is 28.2. The van der Waals surface area contributed by atoms with Crippen LogP contribution in [0.3, 0.4) is 0 Å². The standard InChI is InChI=1S/C22H44N2O5Si2/c1-12-27-19(25)18(24-23)22(26)14-13-16(28-30(8,9)20(2,3)4)15-17(22)29-31(10,11)21(5,6)7/h16-17,26H,12-15H2,1-11H3/t16-,17-,22+/m1/s1. The van der Waals surface area contributed by atoms with Crippen molar-refractivity contribution in [3.63, 3.8) is 0 Å². The van der Waals surface area contributed by atoms with E-state index in [1.165, 1.54) is 0 Å². The lowest BCUT2D eigenvalue weighted by molar-refractivity contribution is -0.150. The molecule has 0 aliphatic heterocycles. The van der Waals surface area contributed by atoms with Crippen LogP contribution >= 0.6 is 0 Å². The molecule has 7 nitrogen and oxygen atoms in total. The van der Waals surface area contributed by atoms with Crippen LogP contribution in [-0.2, 0) is 18.4 Å². The second-order valence-corrected chi connectivity index (χ2v) is 21.2. The highest BCUT2D eigenvalue weighted by molar-refractivity contribution is 6.74. The van der Waals surface area contributed by atoms with Crippen LogP contribution in [0.15, 0.2) is 0 Å². The summed E-state index contributed by atoms with van der Waals surface area (Å²) in [7, 11) is -4.34. The number of hydrogen-bond donors (Lipinski definition) is 1. The lowest BCUT2D eigenvalue weighted by Gasteiger charge is -2.48. The van der Waals surface area contributed by atoms with Gasteiger partial charge in [-0.3, -0.25) is 0 Å². The first-order valence-corrected chi connectivity index (χ1v) is 17.1. The van der Waals surface area contributed by atoms with Crippen molar-refractivity contribution in [2.75, 3.05) is 6.61 Å². The molecule has 31 heavy (non-hydrogen) atoms. The van der Waals surface area contributed by atoms with Crippen LogP contribution in [0.25, 0.3) is 5.53 Å². The Bertz CT molecular complexity index is 706. The van der Waals surface area contributed by atoms with Gasteiger partial charge in [0.05, 0.1) is 12.7 Å². The molecule has 0 aromatic heterocycles. The van der Waals surface area contributed by atoms with E-state index in [2.05, 4.69) is 72.5 Å². The zero-order valence-corrected chi connectivity index (χ0v) is 23.5. The largest absolute Gasteiger partial charge is 0.457 e. The van der Waals surface area contributed by atoms with E-state index >= 15 is 0 Å². The molecule has 0 bridgehead atoms. The number of nitrogens with zero attached hydrogens (tertiary/aromatic N) is 2. The van der Waals surface area contributed by atoms with Gasteiger partial charge in [-0.15, -0.1) is 0 Å². The van der Waals surface area contributed by atoms with Crippen molar-refractivity contribution in [1.82, 2.24) is 0 Å². The monoisotopic (exact) mass is 472 g/mol. The molecule has 1 saturated carbocycles. The van der Waals surface area contributed by atoms with Crippen LogP contribution in [0, 0.1) is 0 Å². The predicted octanol–water partition coefficient (Wildman–Crippen LogP) is 4.92. The summed E-state index contributed by atoms with van der Waals surface area (Å²) < 4.78 is 18.3. The molecular weight excluding hydrogens is 428 g/mol. The van der Waals surface area contributed by atoms with Crippen molar-refractivity contribution in [1.29, 1.82) is 0 Å². The molecule has 0 aromatic rings. The Morgan fingerprint density at radius 2 is 1.55 bits per heavy atom. The number of rotatable bonds is 7. The van der Waals surface area contributed by atoms with Crippen LogP contribution in [-0.4, -0.2) is 62.6 Å². The molecular formula is C22H44N2O5Si2. The smallest absolute Gasteiger partial charge is 0.420 e. The summed E-state index contributed by atoms with van der Waals surface area (Å²) in [6.45, 7) is 23.4. The van der Waals surface area contributed by atoms with Crippen molar-refractivity contribution in [2.45, 2.75) is 122 Å². The Hall–Kier alpha value is -0.836. The van der Waals surface area contributed by atoms with Gasteiger partial charge in [0.15, 0.2) is 22.2 Å².